The third-order valence-corrected chi connectivity index (χ3v) is 3.42. The van der Waals surface area contributed by atoms with Crippen LogP contribution in [0.1, 0.15) is 46.4 Å². The molecule has 1 aliphatic carbocycles. The number of hydrogen-bond acceptors (Lipinski definition) is 3. The van der Waals surface area contributed by atoms with Gasteiger partial charge in [0.1, 0.15) is 0 Å². The fourth-order valence-corrected chi connectivity index (χ4v) is 2.38. The van der Waals surface area contributed by atoms with Gasteiger partial charge in [-0.3, -0.25) is 4.79 Å². The van der Waals surface area contributed by atoms with Crippen LogP contribution in [-0.4, -0.2) is 28.1 Å². The van der Waals surface area contributed by atoms with Gasteiger partial charge >= 0.3 is 11.9 Å². The van der Waals surface area contributed by atoms with Crippen molar-refractivity contribution in [1.82, 2.24) is 0 Å². The van der Waals surface area contributed by atoms with Gasteiger partial charge in [-0.05, 0) is 31.0 Å². The van der Waals surface area contributed by atoms with Gasteiger partial charge in [-0.1, -0.05) is 12.8 Å². The van der Waals surface area contributed by atoms with Gasteiger partial charge in [0.15, 0.2) is 0 Å². The second-order valence-corrected chi connectivity index (χ2v) is 4.88. The number of rotatable bonds is 4. The summed E-state index contributed by atoms with van der Waals surface area (Å²) in [6.07, 6.45) is 3.65. The molecule has 1 aromatic carbocycles. The molecule has 0 spiro atoms. The average molecular weight is 277 g/mol. The van der Waals surface area contributed by atoms with Crippen LogP contribution in [-0.2, 0) is 4.79 Å². The van der Waals surface area contributed by atoms with Gasteiger partial charge in [-0.25, -0.2) is 9.59 Å². The van der Waals surface area contributed by atoms with Gasteiger partial charge in [0, 0.05) is 11.6 Å². The molecular formula is C14H15NO5. The number of carboxylic acids is 2. The number of benzene rings is 1. The first kappa shape index (κ1) is 14.0. The summed E-state index contributed by atoms with van der Waals surface area (Å²) in [6, 6.07) is 3.60. The summed E-state index contributed by atoms with van der Waals surface area (Å²) in [5.74, 6) is -2.72. The molecule has 0 unspecified atom stereocenters. The fraction of sp³-hybridized carbons (Fsp3) is 0.357. The van der Waals surface area contributed by atoms with E-state index in [2.05, 4.69) is 5.32 Å². The molecule has 20 heavy (non-hydrogen) atoms. The molecule has 0 heterocycles. The smallest absolute Gasteiger partial charge is 0.335 e. The lowest BCUT2D eigenvalue weighted by Gasteiger charge is -2.11. The summed E-state index contributed by atoms with van der Waals surface area (Å²) in [7, 11) is 0. The van der Waals surface area contributed by atoms with Crippen LogP contribution >= 0.6 is 0 Å². The zero-order valence-electron chi connectivity index (χ0n) is 10.8. The van der Waals surface area contributed by atoms with Gasteiger partial charge in [-0.15, -0.1) is 0 Å². The Hall–Kier alpha value is -2.37. The summed E-state index contributed by atoms with van der Waals surface area (Å²) in [6.45, 7) is 0. The summed E-state index contributed by atoms with van der Waals surface area (Å²) in [5, 5.41) is 20.5. The lowest BCUT2D eigenvalue weighted by molar-refractivity contribution is -0.119. The van der Waals surface area contributed by atoms with Crippen molar-refractivity contribution in [2.75, 3.05) is 5.32 Å². The minimum Gasteiger partial charge on any atom is -0.478 e. The number of carbonyl (C=O) groups is 3. The van der Waals surface area contributed by atoms with Crippen molar-refractivity contribution in [3.05, 3.63) is 29.3 Å². The standard InChI is InChI=1S/C14H15NO5/c16-12(8-3-1-2-4-8)15-11-6-9(13(17)18)5-10(7-11)14(19)20/h5-8H,1-4H2,(H,15,16)(H,17,18)(H,19,20). The van der Waals surface area contributed by atoms with E-state index in [0.717, 1.165) is 31.7 Å². The normalized spacial score (nSPS) is 15.0. The van der Waals surface area contributed by atoms with Crippen LogP contribution in [0.2, 0.25) is 0 Å². The maximum Gasteiger partial charge on any atom is 0.335 e. The Morgan fingerprint density at radius 2 is 1.45 bits per heavy atom. The zero-order valence-corrected chi connectivity index (χ0v) is 10.8. The molecule has 2 rings (SSSR count). The first-order valence-corrected chi connectivity index (χ1v) is 6.40. The SMILES string of the molecule is O=C(O)c1cc(NC(=O)C2CCCC2)cc(C(=O)O)c1. The van der Waals surface area contributed by atoms with Crippen LogP contribution in [0.25, 0.3) is 0 Å². The molecule has 1 aliphatic rings. The van der Waals surface area contributed by atoms with Gasteiger partial charge in [-0.2, -0.15) is 0 Å². The highest BCUT2D eigenvalue weighted by Gasteiger charge is 2.23. The van der Waals surface area contributed by atoms with Crippen molar-refractivity contribution < 1.29 is 24.6 Å². The molecule has 6 heteroatoms. The molecule has 0 bridgehead atoms. The number of hydrogen-bond donors (Lipinski definition) is 3. The van der Waals surface area contributed by atoms with E-state index in [1.807, 2.05) is 0 Å². The van der Waals surface area contributed by atoms with Crippen LogP contribution < -0.4 is 5.32 Å². The third-order valence-electron chi connectivity index (χ3n) is 3.42. The van der Waals surface area contributed by atoms with Crippen molar-refractivity contribution in [2.24, 2.45) is 5.92 Å². The number of carbonyl (C=O) groups excluding carboxylic acids is 1. The Morgan fingerprint density at radius 3 is 1.90 bits per heavy atom. The minimum absolute atomic E-state index is 0.0724. The second-order valence-electron chi connectivity index (χ2n) is 4.88. The van der Waals surface area contributed by atoms with Crippen molar-refractivity contribution in [3.63, 3.8) is 0 Å². The monoisotopic (exact) mass is 277 g/mol. The van der Waals surface area contributed by atoms with Crippen molar-refractivity contribution in [3.8, 4) is 0 Å². The molecule has 1 saturated carbocycles. The topological polar surface area (TPSA) is 104 Å². The van der Waals surface area contributed by atoms with Gasteiger partial charge < -0.3 is 15.5 Å². The van der Waals surface area contributed by atoms with Gasteiger partial charge in [0.2, 0.25) is 5.91 Å². The molecule has 0 aromatic heterocycles. The van der Waals surface area contributed by atoms with E-state index >= 15 is 0 Å². The fourth-order valence-electron chi connectivity index (χ4n) is 2.38. The minimum atomic E-state index is -1.23. The van der Waals surface area contributed by atoms with Gasteiger partial charge in [0.25, 0.3) is 0 Å². The van der Waals surface area contributed by atoms with Crippen LogP contribution in [0.3, 0.4) is 0 Å². The molecule has 106 valence electrons. The molecule has 0 saturated heterocycles. The van der Waals surface area contributed by atoms with Crippen LogP contribution in [0, 0.1) is 5.92 Å². The van der Waals surface area contributed by atoms with E-state index < -0.39 is 11.9 Å². The molecule has 1 fully saturated rings. The zero-order chi connectivity index (χ0) is 14.7. The maximum absolute atomic E-state index is 12.0. The molecule has 3 N–H and O–H groups in total. The summed E-state index contributed by atoms with van der Waals surface area (Å²) >= 11 is 0. The van der Waals surface area contributed by atoms with Crippen molar-refractivity contribution in [2.45, 2.75) is 25.7 Å². The first-order valence-electron chi connectivity index (χ1n) is 6.40. The van der Waals surface area contributed by atoms with E-state index in [-0.39, 0.29) is 28.6 Å². The molecule has 6 nitrogen and oxygen atoms in total. The van der Waals surface area contributed by atoms with Crippen LogP contribution in [0.4, 0.5) is 5.69 Å². The van der Waals surface area contributed by atoms with E-state index in [1.165, 1.54) is 12.1 Å². The molecule has 1 amide bonds. The van der Waals surface area contributed by atoms with Crippen LogP contribution in [0.15, 0.2) is 18.2 Å². The highest BCUT2D eigenvalue weighted by atomic mass is 16.4. The Balaban J connectivity index is 2.23. The molecule has 1 aromatic rings. The number of carboxylic acid groups (broad SMARTS) is 2. The van der Waals surface area contributed by atoms with E-state index in [9.17, 15) is 14.4 Å². The number of anilines is 1. The van der Waals surface area contributed by atoms with E-state index in [0.29, 0.717) is 0 Å². The maximum atomic E-state index is 12.0. The second kappa shape index (κ2) is 5.73. The lowest BCUT2D eigenvalue weighted by atomic mass is 10.1. The third kappa shape index (κ3) is 3.14. The molecule has 0 atom stereocenters. The lowest BCUT2D eigenvalue weighted by Crippen LogP contribution is -2.20. The number of nitrogens with one attached hydrogen (secondary N) is 1. The predicted molar refractivity (Wildman–Crippen MR) is 70.9 cm³/mol. The summed E-state index contributed by atoms with van der Waals surface area (Å²) in [4.78, 5) is 33.9. The Labute approximate surface area is 115 Å². The largest absolute Gasteiger partial charge is 0.478 e. The van der Waals surface area contributed by atoms with E-state index in [1.54, 1.807) is 0 Å². The Morgan fingerprint density at radius 1 is 0.950 bits per heavy atom. The van der Waals surface area contributed by atoms with Crippen molar-refractivity contribution in [1.29, 1.82) is 0 Å². The van der Waals surface area contributed by atoms with E-state index in [4.69, 9.17) is 10.2 Å². The molecular weight excluding hydrogens is 262 g/mol. The molecule has 0 aliphatic heterocycles. The summed E-state index contributed by atoms with van der Waals surface area (Å²) < 4.78 is 0. The Kier molecular flexibility index (Phi) is 4.02. The van der Waals surface area contributed by atoms with Crippen LogP contribution in [0.5, 0.6) is 0 Å². The first-order chi connectivity index (χ1) is 9.47. The highest BCUT2D eigenvalue weighted by Crippen LogP contribution is 2.26. The summed E-state index contributed by atoms with van der Waals surface area (Å²) in [5.41, 5.74) is -0.113. The van der Waals surface area contributed by atoms with Crippen molar-refractivity contribution >= 4 is 23.5 Å². The number of amides is 1. The predicted octanol–water partition coefficient (Wildman–Crippen LogP) is 2.21. The highest BCUT2D eigenvalue weighted by molar-refractivity contribution is 5.99. The molecule has 0 radical (unpaired) electrons. The quantitative estimate of drug-likeness (QED) is 0.782. The number of aromatic carboxylic acids is 2. The average Bonchev–Trinajstić information content (AvgIpc) is 2.92. The Bertz CT molecular complexity index is 528. The van der Waals surface area contributed by atoms with Gasteiger partial charge in [0.05, 0.1) is 11.1 Å².